The second kappa shape index (κ2) is 7.77. The molecule has 1 amide bonds. The van der Waals surface area contributed by atoms with Crippen LogP contribution in [0.5, 0.6) is 0 Å². The molecule has 0 spiro atoms. The van der Waals surface area contributed by atoms with E-state index < -0.39 is 11.9 Å². The quantitative estimate of drug-likeness (QED) is 0.808. The highest BCUT2D eigenvalue weighted by Gasteiger charge is 2.18. The summed E-state index contributed by atoms with van der Waals surface area (Å²) in [5, 5.41) is 6.77. The molecule has 0 saturated heterocycles. The Balaban J connectivity index is 2.01. The van der Waals surface area contributed by atoms with Gasteiger partial charge in [0.2, 0.25) is 5.91 Å². The summed E-state index contributed by atoms with van der Waals surface area (Å²) in [6.07, 6.45) is 0. The number of amides is 1. The molecule has 0 aromatic heterocycles. The highest BCUT2D eigenvalue weighted by molar-refractivity contribution is 6.35. The van der Waals surface area contributed by atoms with E-state index in [4.69, 9.17) is 23.2 Å². The van der Waals surface area contributed by atoms with E-state index in [1.54, 1.807) is 31.2 Å². The summed E-state index contributed by atoms with van der Waals surface area (Å²) in [7, 11) is 0. The molecular weight excluding hydrogens is 338 g/mol. The van der Waals surface area contributed by atoms with E-state index >= 15 is 0 Å². The number of halogens is 3. The number of anilines is 1. The van der Waals surface area contributed by atoms with Crippen molar-refractivity contribution in [1.29, 1.82) is 0 Å². The van der Waals surface area contributed by atoms with Crippen LogP contribution in [0, 0.1) is 5.82 Å². The zero-order valence-corrected chi connectivity index (χ0v) is 14.3. The number of para-hydroxylation sites is 1. The minimum atomic E-state index is -0.531. The van der Waals surface area contributed by atoms with Crippen LogP contribution in [0.3, 0.4) is 0 Å². The first-order chi connectivity index (χ1) is 10.9. The minimum absolute atomic E-state index is 0.156. The molecule has 2 atom stereocenters. The van der Waals surface area contributed by atoms with Crippen molar-refractivity contribution < 1.29 is 9.18 Å². The number of rotatable bonds is 5. The van der Waals surface area contributed by atoms with Crippen LogP contribution in [0.1, 0.15) is 25.5 Å². The second-order valence-corrected chi connectivity index (χ2v) is 6.09. The van der Waals surface area contributed by atoms with Gasteiger partial charge < -0.3 is 5.32 Å². The Morgan fingerprint density at radius 2 is 1.83 bits per heavy atom. The van der Waals surface area contributed by atoms with Crippen LogP contribution in [0.2, 0.25) is 10.0 Å². The maximum atomic E-state index is 13.6. The second-order valence-electron chi connectivity index (χ2n) is 5.24. The van der Waals surface area contributed by atoms with Crippen LogP contribution in [-0.4, -0.2) is 11.9 Å². The summed E-state index contributed by atoms with van der Waals surface area (Å²) in [5.74, 6) is -0.797. The van der Waals surface area contributed by atoms with Crippen molar-refractivity contribution in [2.24, 2.45) is 0 Å². The Kier molecular flexibility index (Phi) is 5.99. The van der Waals surface area contributed by atoms with Gasteiger partial charge in [-0.3, -0.25) is 10.1 Å². The minimum Gasteiger partial charge on any atom is -0.322 e. The predicted octanol–water partition coefficient (Wildman–Crippen LogP) is 4.81. The van der Waals surface area contributed by atoms with Gasteiger partial charge in [0.1, 0.15) is 5.82 Å². The number of hydrogen-bond acceptors (Lipinski definition) is 2. The van der Waals surface area contributed by atoms with E-state index in [0.717, 1.165) is 5.56 Å². The van der Waals surface area contributed by atoms with Crippen LogP contribution in [-0.2, 0) is 4.79 Å². The van der Waals surface area contributed by atoms with Crippen LogP contribution < -0.4 is 10.6 Å². The van der Waals surface area contributed by atoms with Gasteiger partial charge in [-0.1, -0.05) is 41.4 Å². The highest BCUT2D eigenvalue weighted by Crippen LogP contribution is 2.26. The highest BCUT2D eigenvalue weighted by atomic mass is 35.5. The molecule has 2 N–H and O–H groups in total. The lowest BCUT2D eigenvalue weighted by Gasteiger charge is -2.21. The Labute approximate surface area is 144 Å². The van der Waals surface area contributed by atoms with Gasteiger partial charge in [0.25, 0.3) is 0 Å². The normalized spacial score (nSPS) is 13.4. The van der Waals surface area contributed by atoms with E-state index in [-0.39, 0.29) is 17.6 Å². The number of carbonyl (C=O) groups is 1. The Hall–Kier alpha value is -1.62. The molecule has 23 heavy (non-hydrogen) atoms. The molecule has 0 aliphatic rings. The van der Waals surface area contributed by atoms with Gasteiger partial charge >= 0.3 is 0 Å². The third kappa shape index (κ3) is 4.67. The molecule has 0 bridgehead atoms. The summed E-state index contributed by atoms with van der Waals surface area (Å²) in [5.41, 5.74) is 0.991. The Morgan fingerprint density at radius 3 is 2.48 bits per heavy atom. The first kappa shape index (κ1) is 17.7. The fourth-order valence-electron chi connectivity index (χ4n) is 2.20. The molecular formula is C17H17Cl2FN2O. The number of carbonyl (C=O) groups excluding carboxylic acids is 1. The fraction of sp³-hybridized carbons (Fsp3) is 0.235. The maximum absolute atomic E-state index is 13.6. The van der Waals surface area contributed by atoms with Gasteiger partial charge in [-0.05, 0) is 43.7 Å². The van der Waals surface area contributed by atoms with Crippen LogP contribution in [0.4, 0.5) is 10.1 Å². The standard InChI is InChI=1S/C17H17Cl2FN2O/c1-10(13-8-7-12(18)9-14(13)19)21-11(2)17(23)22-16-6-4-3-5-15(16)20/h3-11,21H,1-2H3,(H,22,23). The van der Waals surface area contributed by atoms with E-state index in [9.17, 15) is 9.18 Å². The van der Waals surface area contributed by atoms with Crippen LogP contribution in [0.25, 0.3) is 0 Å². The largest absolute Gasteiger partial charge is 0.322 e. The molecule has 2 unspecified atom stereocenters. The van der Waals surface area contributed by atoms with Crippen molar-refractivity contribution in [3.63, 3.8) is 0 Å². The third-order valence-corrected chi connectivity index (χ3v) is 4.02. The lowest BCUT2D eigenvalue weighted by molar-refractivity contribution is -0.118. The predicted molar refractivity (Wildman–Crippen MR) is 92.5 cm³/mol. The van der Waals surface area contributed by atoms with Crippen molar-refractivity contribution in [3.8, 4) is 0 Å². The van der Waals surface area contributed by atoms with Gasteiger partial charge in [-0.25, -0.2) is 4.39 Å². The lowest BCUT2D eigenvalue weighted by Crippen LogP contribution is -2.39. The van der Waals surface area contributed by atoms with E-state index in [0.29, 0.717) is 10.0 Å². The van der Waals surface area contributed by atoms with Gasteiger partial charge in [0.15, 0.2) is 0 Å². The van der Waals surface area contributed by atoms with Gasteiger partial charge in [-0.15, -0.1) is 0 Å². The van der Waals surface area contributed by atoms with Crippen molar-refractivity contribution >= 4 is 34.8 Å². The topological polar surface area (TPSA) is 41.1 Å². The Bertz CT molecular complexity index is 709. The molecule has 0 aliphatic carbocycles. The molecule has 0 radical (unpaired) electrons. The van der Waals surface area contributed by atoms with Crippen molar-refractivity contribution in [2.45, 2.75) is 25.9 Å². The molecule has 2 aromatic carbocycles. The zero-order valence-electron chi connectivity index (χ0n) is 12.7. The molecule has 0 aliphatic heterocycles. The maximum Gasteiger partial charge on any atom is 0.241 e. The smallest absolute Gasteiger partial charge is 0.241 e. The number of nitrogens with one attached hydrogen (secondary N) is 2. The summed E-state index contributed by atoms with van der Waals surface area (Å²) < 4.78 is 13.6. The van der Waals surface area contributed by atoms with E-state index in [1.165, 1.54) is 12.1 Å². The first-order valence-corrected chi connectivity index (χ1v) is 7.90. The van der Waals surface area contributed by atoms with Crippen LogP contribution >= 0.6 is 23.2 Å². The summed E-state index contributed by atoms with van der Waals surface area (Å²) >= 11 is 12.0. The summed E-state index contributed by atoms with van der Waals surface area (Å²) in [6, 6.07) is 10.5. The number of benzene rings is 2. The van der Waals surface area contributed by atoms with Crippen LogP contribution in [0.15, 0.2) is 42.5 Å². The molecule has 0 heterocycles. The molecule has 122 valence electrons. The molecule has 6 heteroatoms. The van der Waals surface area contributed by atoms with Crippen molar-refractivity contribution in [1.82, 2.24) is 5.32 Å². The molecule has 3 nitrogen and oxygen atoms in total. The summed E-state index contributed by atoms with van der Waals surface area (Å²) in [4.78, 5) is 12.2. The molecule has 0 fully saturated rings. The van der Waals surface area contributed by atoms with Gasteiger partial charge in [0, 0.05) is 16.1 Å². The van der Waals surface area contributed by atoms with Crippen molar-refractivity contribution in [3.05, 3.63) is 63.9 Å². The Morgan fingerprint density at radius 1 is 1.13 bits per heavy atom. The van der Waals surface area contributed by atoms with E-state index in [2.05, 4.69) is 10.6 Å². The van der Waals surface area contributed by atoms with E-state index in [1.807, 2.05) is 13.0 Å². The average Bonchev–Trinajstić information content (AvgIpc) is 2.49. The first-order valence-electron chi connectivity index (χ1n) is 7.15. The monoisotopic (exact) mass is 354 g/mol. The SMILES string of the molecule is CC(NC(C)c1ccc(Cl)cc1Cl)C(=O)Nc1ccccc1F. The van der Waals surface area contributed by atoms with Gasteiger partial charge in [-0.2, -0.15) is 0 Å². The van der Waals surface area contributed by atoms with Crippen molar-refractivity contribution in [2.75, 3.05) is 5.32 Å². The molecule has 2 rings (SSSR count). The molecule has 0 saturated carbocycles. The lowest BCUT2D eigenvalue weighted by atomic mass is 10.1. The number of hydrogen-bond donors (Lipinski definition) is 2. The van der Waals surface area contributed by atoms with Gasteiger partial charge in [0.05, 0.1) is 11.7 Å². The average molecular weight is 355 g/mol. The summed E-state index contributed by atoms with van der Waals surface area (Å²) in [6.45, 7) is 3.60. The fourth-order valence-corrected chi connectivity index (χ4v) is 2.77. The zero-order chi connectivity index (χ0) is 17.0. The third-order valence-electron chi connectivity index (χ3n) is 3.45. The molecule has 2 aromatic rings.